The highest BCUT2D eigenvalue weighted by molar-refractivity contribution is 7.60. The summed E-state index contributed by atoms with van der Waals surface area (Å²) in [5, 5.41) is 0. The fraction of sp³-hybridized carbons (Fsp3) is 0.789. The number of rotatable bonds is 4. The number of nitrogens with two attached hydrogens (primary N) is 1. The topological polar surface area (TPSA) is 26.0 Å². The largest absolute Gasteiger partial charge is 0.324 e. The van der Waals surface area contributed by atoms with Crippen molar-refractivity contribution in [2.45, 2.75) is 94.2 Å². The van der Waals surface area contributed by atoms with E-state index in [2.05, 4.69) is 25.2 Å². The van der Waals surface area contributed by atoms with E-state index in [9.17, 15) is 0 Å². The van der Waals surface area contributed by atoms with Crippen molar-refractivity contribution in [2.75, 3.05) is 0 Å². The Kier molecular flexibility index (Phi) is 5.57. The summed E-state index contributed by atoms with van der Waals surface area (Å²) in [4.78, 5) is 0. The van der Waals surface area contributed by atoms with Crippen LogP contribution >= 0.6 is 7.92 Å². The van der Waals surface area contributed by atoms with Gasteiger partial charge in [0, 0.05) is 11.7 Å². The van der Waals surface area contributed by atoms with E-state index in [1.165, 1.54) is 69.8 Å². The highest BCUT2D eigenvalue weighted by Crippen LogP contribution is 2.61. The molecule has 118 valence electrons. The zero-order valence-electron chi connectivity index (χ0n) is 13.6. The summed E-state index contributed by atoms with van der Waals surface area (Å²) in [6.45, 7) is 2.18. The van der Waals surface area contributed by atoms with Gasteiger partial charge < -0.3 is 5.73 Å². The minimum atomic E-state index is 0.0950. The third kappa shape index (κ3) is 3.62. The molecule has 2 fully saturated rings. The molecule has 0 aromatic heterocycles. The van der Waals surface area contributed by atoms with E-state index >= 15 is 0 Å². The number of allylic oxidation sites excluding steroid dienone is 3. The molecule has 0 bridgehead atoms. The molecular formula is C19H32NP. The van der Waals surface area contributed by atoms with Crippen molar-refractivity contribution in [1.82, 2.24) is 0 Å². The standard InChI is InChI=1S/C19H32NP/c1-15(20)18-13-8-14-19(18)21(16-9-4-2-5-10-16)17-11-6-3-7-12-17/h8,13-17,19H,2-7,9-12,20H2,1H3. The summed E-state index contributed by atoms with van der Waals surface area (Å²) in [6, 6.07) is 0.238. The summed E-state index contributed by atoms with van der Waals surface area (Å²) in [7, 11) is 0.0950. The number of hydrogen-bond donors (Lipinski definition) is 1. The second-order valence-corrected chi connectivity index (χ2v) is 10.2. The van der Waals surface area contributed by atoms with Gasteiger partial charge in [0.05, 0.1) is 0 Å². The lowest BCUT2D eigenvalue weighted by Crippen LogP contribution is -2.31. The van der Waals surface area contributed by atoms with Gasteiger partial charge in [-0.1, -0.05) is 64.7 Å². The van der Waals surface area contributed by atoms with Crippen molar-refractivity contribution in [2.24, 2.45) is 5.73 Å². The SMILES string of the molecule is CC(N)C1=CC=CC1P(C1CCCCC1)C1CCCCC1. The van der Waals surface area contributed by atoms with Crippen LogP contribution in [0.2, 0.25) is 0 Å². The van der Waals surface area contributed by atoms with Gasteiger partial charge in [-0.05, 0) is 49.5 Å². The lowest BCUT2D eigenvalue weighted by Gasteiger charge is -2.42. The second-order valence-electron chi connectivity index (χ2n) is 7.32. The van der Waals surface area contributed by atoms with Gasteiger partial charge in [0.15, 0.2) is 0 Å². The van der Waals surface area contributed by atoms with E-state index in [1.54, 1.807) is 0 Å². The fourth-order valence-corrected chi connectivity index (χ4v) is 9.08. The van der Waals surface area contributed by atoms with Crippen LogP contribution in [0.3, 0.4) is 0 Å². The third-order valence-electron chi connectivity index (χ3n) is 5.76. The van der Waals surface area contributed by atoms with Gasteiger partial charge in [-0.2, -0.15) is 0 Å². The monoisotopic (exact) mass is 305 g/mol. The van der Waals surface area contributed by atoms with Gasteiger partial charge in [-0.15, -0.1) is 0 Å². The molecule has 0 aromatic carbocycles. The molecule has 2 atom stereocenters. The summed E-state index contributed by atoms with van der Waals surface area (Å²) in [5.74, 6) is 0. The Labute approximate surface area is 132 Å². The highest BCUT2D eigenvalue weighted by Gasteiger charge is 2.38. The van der Waals surface area contributed by atoms with Crippen LogP contribution < -0.4 is 5.73 Å². The van der Waals surface area contributed by atoms with Gasteiger partial charge in [-0.25, -0.2) is 0 Å². The molecule has 0 radical (unpaired) electrons. The van der Waals surface area contributed by atoms with Crippen LogP contribution in [0, 0.1) is 0 Å². The summed E-state index contributed by atoms with van der Waals surface area (Å²) >= 11 is 0. The van der Waals surface area contributed by atoms with E-state index in [0.717, 1.165) is 11.3 Å². The zero-order valence-corrected chi connectivity index (χ0v) is 14.5. The summed E-state index contributed by atoms with van der Waals surface area (Å²) < 4.78 is 0. The van der Waals surface area contributed by atoms with Gasteiger partial charge in [-0.3, -0.25) is 0 Å². The van der Waals surface area contributed by atoms with Crippen molar-refractivity contribution in [3.8, 4) is 0 Å². The Morgan fingerprint density at radius 3 is 1.95 bits per heavy atom. The minimum absolute atomic E-state index is 0.0950. The Hall–Kier alpha value is -0.130. The van der Waals surface area contributed by atoms with Crippen LogP contribution in [0.1, 0.15) is 71.1 Å². The molecule has 0 amide bonds. The van der Waals surface area contributed by atoms with Crippen LogP contribution in [0.25, 0.3) is 0 Å². The highest BCUT2D eigenvalue weighted by atomic mass is 31.1. The van der Waals surface area contributed by atoms with Crippen molar-refractivity contribution in [3.05, 3.63) is 23.8 Å². The molecule has 2 heteroatoms. The van der Waals surface area contributed by atoms with Crippen LogP contribution in [0.4, 0.5) is 0 Å². The lowest BCUT2D eigenvalue weighted by molar-refractivity contribution is 0.483. The van der Waals surface area contributed by atoms with Crippen molar-refractivity contribution in [1.29, 1.82) is 0 Å². The average Bonchev–Trinajstić information content (AvgIpc) is 2.99. The van der Waals surface area contributed by atoms with Gasteiger partial charge in [0.2, 0.25) is 0 Å². The Balaban J connectivity index is 1.80. The molecule has 21 heavy (non-hydrogen) atoms. The first-order valence-electron chi connectivity index (χ1n) is 9.18. The maximum Gasteiger partial charge on any atom is 0.0237 e. The molecule has 0 heterocycles. The van der Waals surface area contributed by atoms with E-state index in [1.807, 2.05) is 0 Å². The van der Waals surface area contributed by atoms with Crippen LogP contribution in [0.15, 0.2) is 23.8 Å². The van der Waals surface area contributed by atoms with Gasteiger partial charge >= 0.3 is 0 Å². The molecule has 3 rings (SSSR count). The van der Waals surface area contributed by atoms with Crippen molar-refractivity contribution >= 4 is 7.92 Å². The molecule has 1 nitrogen and oxygen atoms in total. The minimum Gasteiger partial charge on any atom is -0.324 e. The Morgan fingerprint density at radius 2 is 1.48 bits per heavy atom. The molecule has 3 aliphatic carbocycles. The predicted octanol–water partition coefficient (Wildman–Crippen LogP) is 5.35. The fourth-order valence-electron chi connectivity index (χ4n) is 4.69. The molecule has 0 aromatic rings. The van der Waals surface area contributed by atoms with E-state index in [-0.39, 0.29) is 14.0 Å². The maximum absolute atomic E-state index is 6.29. The lowest BCUT2D eigenvalue weighted by atomic mass is 9.99. The first-order chi connectivity index (χ1) is 10.3. The Morgan fingerprint density at radius 1 is 0.952 bits per heavy atom. The average molecular weight is 305 g/mol. The van der Waals surface area contributed by atoms with Crippen LogP contribution in [-0.4, -0.2) is 23.0 Å². The van der Waals surface area contributed by atoms with Crippen molar-refractivity contribution < 1.29 is 0 Å². The first kappa shape index (κ1) is 15.8. The Bertz CT molecular complexity index is 368. The van der Waals surface area contributed by atoms with Gasteiger partial charge in [0.25, 0.3) is 0 Å². The van der Waals surface area contributed by atoms with Crippen LogP contribution in [-0.2, 0) is 0 Å². The second kappa shape index (κ2) is 7.42. The molecular weight excluding hydrogens is 273 g/mol. The smallest absolute Gasteiger partial charge is 0.0237 e. The molecule has 2 N–H and O–H groups in total. The molecule has 0 aliphatic heterocycles. The van der Waals surface area contributed by atoms with E-state index in [4.69, 9.17) is 5.73 Å². The van der Waals surface area contributed by atoms with E-state index in [0.29, 0.717) is 5.66 Å². The van der Waals surface area contributed by atoms with Crippen LogP contribution in [0.5, 0.6) is 0 Å². The normalized spacial score (nSPS) is 29.9. The quantitative estimate of drug-likeness (QED) is 0.696. The summed E-state index contributed by atoms with van der Waals surface area (Å²) in [6.07, 6.45) is 22.0. The predicted molar refractivity (Wildman–Crippen MR) is 95.3 cm³/mol. The number of hydrogen-bond acceptors (Lipinski definition) is 1. The first-order valence-corrected chi connectivity index (χ1v) is 10.7. The summed E-state index contributed by atoms with van der Waals surface area (Å²) in [5.41, 5.74) is 10.6. The molecule has 3 aliphatic rings. The van der Waals surface area contributed by atoms with E-state index < -0.39 is 0 Å². The molecule has 2 unspecified atom stereocenters. The zero-order chi connectivity index (χ0) is 14.7. The molecule has 2 saturated carbocycles. The van der Waals surface area contributed by atoms with Crippen molar-refractivity contribution in [3.63, 3.8) is 0 Å². The molecule has 0 spiro atoms. The maximum atomic E-state index is 6.29. The van der Waals surface area contributed by atoms with Gasteiger partial charge in [0.1, 0.15) is 0 Å². The molecule has 0 saturated heterocycles. The third-order valence-corrected chi connectivity index (χ3v) is 9.60.